The van der Waals surface area contributed by atoms with Gasteiger partial charge in [-0.3, -0.25) is 0 Å². The van der Waals surface area contributed by atoms with Crippen molar-refractivity contribution >= 4 is 70.3 Å². The average molecular weight is 603 g/mol. The first-order chi connectivity index (χ1) is 21.9. The highest BCUT2D eigenvalue weighted by Gasteiger charge is 2.30. The third-order valence-electron chi connectivity index (χ3n) is 7.70. The van der Waals surface area contributed by atoms with E-state index in [-0.39, 0.29) is 0 Å². The van der Waals surface area contributed by atoms with Gasteiger partial charge in [0.2, 0.25) is 0 Å². The van der Waals surface area contributed by atoms with Gasteiger partial charge in [-0.15, -0.1) is 0 Å². The standard InChI is InChI=1S/C38H28N4P2/c1-5-17-29(18-6-1)43(30-19-7-2-8-20-30)37-39-33-25-13-15-27-35(33)41(37)42-36-28-16-14-26-34(36)40-38(42)44(31-21-9-3-10-22-31)32-23-11-4-12-24-32/h1-28H. The second-order valence-electron chi connectivity index (χ2n) is 10.4. The van der Waals surface area contributed by atoms with Gasteiger partial charge < -0.3 is 0 Å². The van der Waals surface area contributed by atoms with E-state index in [0.29, 0.717) is 0 Å². The predicted molar refractivity (Wildman–Crippen MR) is 188 cm³/mol. The van der Waals surface area contributed by atoms with E-state index in [9.17, 15) is 0 Å². The summed E-state index contributed by atoms with van der Waals surface area (Å²) in [6, 6.07) is 60.2. The van der Waals surface area contributed by atoms with Crippen molar-refractivity contribution in [2.24, 2.45) is 0 Å². The van der Waals surface area contributed by atoms with Gasteiger partial charge in [0.1, 0.15) is 0 Å². The van der Waals surface area contributed by atoms with Gasteiger partial charge >= 0.3 is 0 Å². The molecule has 0 aliphatic carbocycles. The minimum atomic E-state index is -1.00. The Morgan fingerprint density at radius 2 is 0.591 bits per heavy atom. The Labute approximate surface area is 258 Å². The number of benzene rings is 6. The number of hydrogen-bond donors (Lipinski definition) is 0. The van der Waals surface area contributed by atoms with Crippen LogP contribution in [0.2, 0.25) is 0 Å². The third kappa shape index (κ3) is 4.74. The molecule has 0 amide bonds. The lowest BCUT2D eigenvalue weighted by Gasteiger charge is -2.24. The molecule has 0 aliphatic rings. The maximum atomic E-state index is 5.42. The van der Waals surface area contributed by atoms with E-state index in [1.807, 2.05) is 0 Å². The zero-order chi connectivity index (χ0) is 29.3. The molecular weight excluding hydrogens is 574 g/mol. The van der Waals surface area contributed by atoms with Gasteiger partial charge in [-0.05, 0) is 45.5 Å². The van der Waals surface area contributed by atoms with Crippen LogP contribution < -0.4 is 32.3 Å². The molecule has 0 saturated heterocycles. The molecule has 8 rings (SSSR count). The van der Waals surface area contributed by atoms with E-state index in [2.05, 4.69) is 179 Å². The molecule has 0 fully saturated rings. The first-order valence-corrected chi connectivity index (χ1v) is 17.3. The molecule has 0 spiro atoms. The maximum absolute atomic E-state index is 5.42. The normalized spacial score (nSPS) is 11.6. The summed E-state index contributed by atoms with van der Waals surface area (Å²) in [7, 11) is -2.01. The van der Waals surface area contributed by atoms with E-state index >= 15 is 0 Å². The van der Waals surface area contributed by atoms with Crippen LogP contribution in [0.15, 0.2) is 170 Å². The minimum Gasteiger partial charge on any atom is -0.226 e. The van der Waals surface area contributed by atoms with Gasteiger partial charge in [0.15, 0.2) is 11.1 Å². The summed E-state index contributed by atoms with van der Waals surface area (Å²) >= 11 is 0. The van der Waals surface area contributed by atoms with Gasteiger partial charge in [0.05, 0.1) is 22.1 Å². The average Bonchev–Trinajstić information content (AvgIpc) is 3.65. The summed E-state index contributed by atoms with van der Waals surface area (Å²) in [5.74, 6) is 0. The van der Waals surface area contributed by atoms with Crippen molar-refractivity contribution in [3.05, 3.63) is 170 Å². The lowest BCUT2D eigenvalue weighted by atomic mass is 10.3. The van der Waals surface area contributed by atoms with Gasteiger partial charge in [0.25, 0.3) is 0 Å². The highest BCUT2D eigenvalue weighted by Crippen LogP contribution is 2.37. The van der Waals surface area contributed by atoms with Crippen LogP contribution in [0.4, 0.5) is 0 Å². The Balaban J connectivity index is 1.49. The molecule has 0 unspecified atom stereocenters. The highest BCUT2D eigenvalue weighted by molar-refractivity contribution is 7.80. The fourth-order valence-corrected chi connectivity index (χ4v) is 10.3. The summed E-state index contributed by atoms with van der Waals surface area (Å²) < 4.78 is 4.71. The summed E-state index contributed by atoms with van der Waals surface area (Å²) in [4.78, 5) is 10.8. The molecule has 210 valence electrons. The van der Waals surface area contributed by atoms with Crippen LogP contribution in [0.25, 0.3) is 22.1 Å². The van der Waals surface area contributed by atoms with Crippen LogP contribution in [0.1, 0.15) is 0 Å². The zero-order valence-electron chi connectivity index (χ0n) is 23.8. The second kappa shape index (κ2) is 11.7. The summed E-state index contributed by atoms with van der Waals surface area (Å²) in [6.45, 7) is 0. The van der Waals surface area contributed by atoms with Crippen molar-refractivity contribution in [1.29, 1.82) is 0 Å². The quantitative estimate of drug-likeness (QED) is 0.203. The molecule has 2 heterocycles. The van der Waals surface area contributed by atoms with Gasteiger partial charge in [0, 0.05) is 15.8 Å². The van der Waals surface area contributed by atoms with E-state index in [1.165, 1.54) is 21.2 Å². The fourth-order valence-electron chi connectivity index (χ4n) is 5.75. The lowest BCUT2D eigenvalue weighted by Crippen LogP contribution is -2.37. The molecule has 0 saturated carbocycles. The molecular formula is C38H28N4P2. The van der Waals surface area contributed by atoms with Crippen LogP contribution in [-0.2, 0) is 0 Å². The smallest absolute Gasteiger partial charge is 0.161 e. The molecule has 4 nitrogen and oxygen atoms in total. The molecule has 0 aliphatic heterocycles. The summed E-state index contributed by atoms with van der Waals surface area (Å²) in [5.41, 5.74) is 6.08. The second-order valence-corrected chi connectivity index (χ2v) is 14.6. The van der Waals surface area contributed by atoms with E-state index in [4.69, 9.17) is 9.97 Å². The largest absolute Gasteiger partial charge is 0.226 e. The topological polar surface area (TPSA) is 35.6 Å². The van der Waals surface area contributed by atoms with Crippen molar-refractivity contribution in [2.75, 3.05) is 0 Å². The maximum Gasteiger partial charge on any atom is 0.161 e. The van der Waals surface area contributed by atoms with Crippen LogP contribution in [0.5, 0.6) is 0 Å². The monoisotopic (exact) mass is 602 g/mol. The first kappa shape index (κ1) is 26.7. The fraction of sp³-hybridized carbons (Fsp3) is 0. The molecule has 0 atom stereocenters. The highest BCUT2D eigenvalue weighted by atomic mass is 31.1. The van der Waals surface area contributed by atoms with Gasteiger partial charge in [-0.25, -0.2) is 19.3 Å². The Kier molecular flexibility index (Phi) is 7.08. The van der Waals surface area contributed by atoms with Crippen LogP contribution in [0.3, 0.4) is 0 Å². The zero-order valence-corrected chi connectivity index (χ0v) is 25.6. The molecule has 6 heteroatoms. The minimum absolute atomic E-state index is 0.967. The number of imidazole rings is 2. The summed E-state index contributed by atoms with van der Waals surface area (Å²) in [6.07, 6.45) is 0. The Morgan fingerprint density at radius 1 is 0.318 bits per heavy atom. The molecule has 0 N–H and O–H groups in total. The number of aromatic nitrogens is 4. The molecule has 0 radical (unpaired) electrons. The number of hydrogen-bond acceptors (Lipinski definition) is 2. The van der Waals surface area contributed by atoms with Crippen molar-refractivity contribution in [3.63, 3.8) is 0 Å². The predicted octanol–water partition coefficient (Wildman–Crippen LogP) is 6.21. The van der Waals surface area contributed by atoms with E-state index in [1.54, 1.807) is 0 Å². The van der Waals surface area contributed by atoms with Crippen molar-refractivity contribution in [2.45, 2.75) is 0 Å². The molecule has 2 aromatic heterocycles. The lowest BCUT2D eigenvalue weighted by molar-refractivity contribution is 0.749. The molecule has 0 bridgehead atoms. The molecule has 44 heavy (non-hydrogen) atoms. The number of rotatable bonds is 7. The van der Waals surface area contributed by atoms with Crippen molar-refractivity contribution in [3.8, 4) is 0 Å². The Morgan fingerprint density at radius 3 is 0.909 bits per heavy atom. The van der Waals surface area contributed by atoms with E-state index in [0.717, 1.165) is 33.2 Å². The molecule has 6 aromatic carbocycles. The van der Waals surface area contributed by atoms with Crippen LogP contribution in [-0.4, -0.2) is 19.3 Å². The molecule has 8 aromatic rings. The SMILES string of the molecule is c1ccc(P(c2ccccc2)c2nc3ccccc3n2-n2c(P(c3ccccc3)c3ccccc3)nc3ccccc32)cc1. The Hall–Kier alpha value is -4.88. The van der Waals surface area contributed by atoms with Crippen molar-refractivity contribution in [1.82, 2.24) is 19.3 Å². The van der Waals surface area contributed by atoms with Gasteiger partial charge in [-0.1, -0.05) is 146 Å². The number of fused-ring (bicyclic) bond motifs is 2. The number of para-hydroxylation sites is 4. The van der Waals surface area contributed by atoms with Crippen LogP contribution in [0, 0.1) is 0 Å². The van der Waals surface area contributed by atoms with E-state index < -0.39 is 15.8 Å². The summed E-state index contributed by atoms with van der Waals surface area (Å²) in [5, 5.41) is 5.02. The Bertz CT molecular complexity index is 1940. The van der Waals surface area contributed by atoms with Crippen LogP contribution >= 0.6 is 15.8 Å². The first-order valence-electron chi connectivity index (χ1n) is 14.6. The third-order valence-corrected chi connectivity index (χ3v) is 12.3. The van der Waals surface area contributed by atoms with Crippen molar-refractivity contribution < 1.29 is 0 Å². The number of nitrogens with zero attached hydrogens (tertiary/aromatic N) is 4. The van der Waals surface area contributed by atoms with Gasteiger partial charge in [-0.2, -0.15) is 0 Å².